The van der Waals surface area contributed by atoms with E-state index in [9.17, 15) is 10.4 Å². The van der Waals surface area contributed by atoms with Crippen LogP contribution in [0.15, 0.2) is 59.4 Å². The molecule has 4 aromatic rings. The van der Waals surface area contributed by atoms with Crippen LogP contribution in [0.5, 0.6) is 5.75 Å². The zero-order valence-electron chi connectivity index (χ0n) is 16.8. The lowest BCUT2D eigenvalue weighted by molar-refractivity contribution is 0.433. The number of nitrogens with zero attached hydrogens (tertiary/aromatic N) is 5. The number of aromatic nitrogens is 4. The SMILES string of the molecule is Cc1ncc(-c2ccnc(C(C)(C)C#N)c2)nc1-c1cc(-c2ccc(O)cc2)no1. The Hall–Kier alpha value is -4.05. The number of rotatable bonds is 4. The van der Waals surface area contributed by atoms with Gasteiger partial charge in [0.15, 0.2) is 5.76 Å². The first kappa shape index (κ1) is 19.3. The third kappa shape index (κ3) is 3.63. The summed E-state index contributed by atoms with van der Waals surface area (Å²) in [5, 5.41) is 23.0. The molecule has 3 aromatic heterocycles. The highest BCUT2D eigenvalue weighted by Crippen LogP contribution is 2.30. The second kappa shape index (κ2) is 7.41. The molecule has 0 bridgehead atoms. The molecule has 3 heterocycles. The molecule has 0 aliphatic rings. The molecule has 0 spiro atoms. The molecule has 0 aliphatic carbocycles. The van der Waals surface area contributed by atoms with Gasteiger partial charge >= 0.3 is 0 Å². The van der Waals surface area contributed by atoms with Gasteiger partial charge in [0, 0.05) is 23.4 Å². The Balaban J connectivity index is 1.73. The van der Waals surface area contributed by atoms with E-state index in [2.05, 4.69) is 21.2 Å². The zero-order valence-corrected chi connectivity index (χ0v) is 16.8. The maximum Gasteiger partial charge on any atom is 0.187 e. The Morgan fingerprint density at radius 2 is 1.77 bits per heavy atom. The molecule has 7 nitrogen and oxygen atoms in total. The van der Waals surface area contributed by atoms with Crippen molar-refractivity contribution in [2.24, 2.45) is 0 Å². The summed E-state index contributed by atoms with van der Waals surface area (Å²) in [6.45, 7) is 5.50. The van der Waals surface area contributed by atoms with Crippen LogP contribution in [0.4, 0.5) is 0 Å². The molecule has 0 saturated carbocycles. The second-order valence-corrected chi connectivity index (χ2v) is 7.48. The largest absolute Gasteiger partial charge is 0.508 e. The number of hydrogen-bond acceptors (Lipinski definition) is 7. The fourth-order valence-electron chi connectivity index (χ4n) is 2.97. The number of phenolic OH excluding ortho intramolecular Hbond substituents is 1. The van der Waals surface area contributed by atoms with Crippen LogP contribution in [-0.4, -0.2) is 25.2 Å². The zero-order chi connectivity index (χ0) is 21.3. The fourth-order valence-corrected chi connectivity index (χ4v) is 2.97. The Morgan fingerprint density at radius 1 is 1.00 bits per heavy atom. The van der Waals surface area contributed by atoms with Gasteiger partial charge in [-0.05, 0) is 57.2 Å². The molecule has 0 amide bonds. The summed E-state index contributed by atoms with van der Waals surface area (Å²) < 4.78 is 5.53. The van der Waals surface area contributed by atoms with Gasteiger partial charge in [-0.2, -0.15) is 5.26 Å². The Morgan fingerprint density at radius 3 is 2.50 bits per heavy atom. The van der Waals surface area contributed by atoms with Crippen molar-refractivity contribution in [2.75, 3.05) is 0 Å². The number of hydrogen-bond donors (Lipinski definition) is 1. The molecule has 0 unspecified atom stereocenters. The van der Waals surface area contributed by atoms with Crippen LogP contribution in [0.2, 0.25) is 0 Å². The van der Waals surface area contributed by atoms with Crippen molar-refractivity contribution in [3.63, 3.8) is 0 Å². The van der Waals surface area contributed by atoms with Crippen molar-refractivity contribution in [3.05, 3.63) is 66.2 Å². The van der Waals surface area contributed by atoms with Gasteiger partial charge in [-0.25, -0.2) is 4.98 Å². The first-order valence-electron chi connectivity index (χ1n) is 9.36. The minimum absolute atomic E-state index is 0.188. The van der Waals surface area contributed by atoms with E-state index in [-0.39, 0.29) is 5.75 Å². The maximum absolute atomic E-state index is 9.46. The first-order chi connectivity index (χ1) is 14.4. The van der Waals surface area contributed by atoms with E-state index < -0.39 is 5.41 Å². The smallest absolute Gasteiger partial charge is 0.187 e. The van der Waals surface area contributed by atoms with Crippen molar-refractivity contribution >= 4 is 0 Å². The number of nitriles is 1. The molecule has 0 saturated heterocycles. The lowest BCUT2D eigenvalue weighted by Crippen LogP contribution is -2.15. The third-order valence-corrected chi connectivity index (χ3v) is 4.84. The molecular formula is C23H19N5O2. The molecule has 0 radical (unpaired) electrons. The van der Waals surface area contributed by atoms with Crippen molar-refractivity contribution < 1.29 is 9.63 Å². The summed E-state index contributed by atoms with van der Waals surface area (Å²) in [6.07, 6.45) is 3.36. The van der Waals surface area contributed by atoms with Crippen LogP contribution in [-0.2, 0) is 5.41 Å². The summed E-state index contributed by atoms with van der Waals surface area (Å²) in [4.78, 5) is 13.5. The van der Waals surface area contributed by atoms with Gasteiger partial charge in [0.1, 0.15) is 17.1 Å². The van der Waals surface area contributed by atoms with Crippen molar-refractivity contribution in [3.8, 4) is 45.8 Å². The van der Waals surface area contributed by atoms with Crippen molar-refractivity contribution in [1.29, 1.82) is 5.26 Å². The van der Waals surface area contributed by atoms with Crippen LogP contribution in [0.25, 0.3) is 34.0 Å². The Bertz CT molecular complexity index is 1250. The third-order valence-electron chi connectivity index (χ3n) is 4.84. The normalized spacial score (nSPS) is 11.3. The van der Waals surface area contributed by atoms with Crippen molar-refractivity contribution in [1.82, 2.24) is 20.1 Å². The van der Waals surface area contributed by atoms with Gasteiger partial charge in [-0.15, -0.1) is 0 Å². The van der Waals surface area contributed by atoms with E-state index >= 15 is 0 Å². The van der Waals surface area contributed by atoms with Crippen LogP contribution in [0.3, 0.4) is 0 Å². The van der Waals surface area contributed by atoms with E-state index in [1.54, 1.807) is 42.7 Å². The van der Waals surface area contributed by atoms with Crippen LogP contribution in [0, 0.1) is 18.3 Å². The second-order valence-electron chi connectivity index (χ2n) is 7.48. The summed E-state index contributed by atoms with van der Waals surface area (Å²) in [5.74, 6) is 0.685. The summed E-state index contributed by atoms with van der Waals surface area (Å²) >= 11 is 0. The number of pyridine rings is 1. The summed E-state index contributed by atoms with van der Waals surface area (Å²) in [6, 6.07) is 14.5. The average Bonchev–Trinajstić information content (AvgIpc) is 3.24. The van der Waals surface area contributed by atoms with Crippen LogP contribution in [0.1, 0.15) is 25.2 Å². The number of benzene rings is 1. The standard InChI is InChI=1S/C23H19N5O2/c1-14-22(20-11-18(28-30-20)15-4-6-17(29)7-5-15)27-19(12-26-14)16-8-9-25-21(10-16)23(2,3)13-24/h4-12,29H,1-3H3. The monoisotopic (exact) mass is 397 g/mol. The predicted octanol–water partition coefficient (Wildman–Crippen LogP) is 4.68. The van der Waals surface area contributed by atoms with Crippen LogP contribution >= 0.6 is 0 Å². The lowest BCUT2D eigenvalue weighted by Gasteiger charge is -2.15. The molecule has 4 rings (SSSR count). The Kier molecular flexibility index (Phi) is 4.76. The highest BCUT2D eigenvalue weighted by Gasteiger charge is 2.22. The Labute approximate surface area is 173 Å². The fraction of sp³-hybridized carbons (Fsp3) is 0.174. The lowest BCUT2D eigenvalue weighted by atomic mass is 9.90. The van der Waals surface area contributed by atoms with E-state index in [4.69, 9.17) is 9.51 Å². The quantitative estimate of drug-likeness (QED) is 0.533. The van der Waals surface area contributed by atoms with Gasteiger partial charge in [-0.3, -0.25) is 9.97 Å². The van der Waals surface area contributed by atoms with Crippen LogP contribution < -0.4 is 0 Å². The van der Waals surface area contributed by atoms with Crippen molar-refractivity contribution in [2.45, 2.75) is 26.2 Å². The number of phenols is 1. The topological polar surface area (TPSA) is 109 Å². The molecule has 7 heteroatoms. The van der Waals surface area contributed by atoms with E-state index in [0.29, 0.717) is 34.2 Å². The molecule has 30 heavy (non-hydrogen) atoms. The van der Waals surface area contributed by atoms with Gasteiger partial charge in [0.25, 0.3) is 0 Å². The minimum atomic E-state index is -0.707. The van der Waals surface area contributed by atoms with E-state index in [0.717, 1.165) is 11.1 Å². The summed E-state index contributed by atoms with van der Waals surface area (Å²) in [7, 11) is 0. The number of aryl methyl sites for hydroxylation is 1. The minimum Gasteiger partial charge on any atom is -0.508 e. The molecule has 1 N–H and O–H groups in total. The van der Waals surface area contributed by atoms with Gasteiger partial charge in [-0.1, -0.05) is 5.16 Å². The predicted molar refractivity (Wildman–Crippen MR) is 111 cm³/mol. The molecular weight excluding hydrogens is 378 g/mol. The maximum atomic E-state index is 9.46. The molecule has 148 valence electrons. The first-order valence-corrected chi connectivity index (χ1v) is 9.36. The van der Waals surface area contributed by atoms with Gasteiger partial charge < -0.3 is 9.63 Å². The summed E-state index contributed by atoms with van der Waals surface area (Å²) in [5.41, 5.74) is 4.18. The van der Waals surface area contributed by atoms with Gasteiger partial charge in [0.05, 0.1) is 34.8 Å². The highest BCUT2D eigenvalue weighted by atomic mass is 16.5. The van der Waals surface area contributed by atoms with Gasteiger partial charge in [0.2, 0.25) is 0 Å². The van der Waals surface area contributed by atoms with E-state index in [1.165, 1.54) is 0 Å². The van der Waals surface area contributed by atoms with E-state index in [1.807, 2.05) is 32.9 Å². The molecule has 1 aromatic carbocycles. The molecule has 0 atom stereocenters. The highest BCUT2D eigenvalue weighted by molar-refractivity contribution is 5.68. The molecule has 0 fully saturated rings. The molecule has 0 aliphatic heterocycles. The average molecular weight is 397 g/mol. The number of aromatic hydroxyl groups is 1.